The first-order valence-corrected chi connectivity index (χ1v) is 8.59. The number of ether oxygens (including phenoxy) is 1. The van der Waals surface area contributed by atoms with Crippen LogP contribution >= 0.6 is 0 Å². The summed E-state index contributed by atoms with van der Waals surface area (Å²) < 4.78 is 44.4. The number of rotatable bonds is 5. The molecule has 0 aromatic heterocycles. The summed E-state index contributed by atoms with van der Waals surface area (Å²) in [5.74, 6) is 0.661. The lowest BCUT2D eigenvalue weighted by atomic mass is 10.1. The van der Waals surface area contributed by atoms with Crippen LogP contribution in [0.3, 0.4) is 0 Å². The Balaban J connectivity index is 1.87. The molecule has 0 saturated carbocycles. The molecule has 0 spiro atoms. The minimum absolute atomic E-state index is 0.401. The molecular formula is C23H19F3O. The average Bonchev–Trinajstić information content (AvgIpc) is 2.68. The molecule has 0 saturated heterocycles. The van der Waals surface area contributed by atoms with E-state index < -0.39 is 17.8 Å². The van der Waals surface area contributed by atoms with Gasteiger partial charge < -0.3 is 4.74 Å². The number of alkyl halides is 3. The first-order valence-electron chi connectivity index (χ1n) is 8.59. The maximum atomic E-state index is 12.8. The van der Waals surface area contributed by atoms with Crippen LogP contribution in [0.2, 0.25) is 0 Å². The Hall–Kier alpha value is -3.01. The SMILES string of the molecule is CC(O/C(=C/c1ccccc1)c1ccccc1)c1ccc(C(F)(F)F)cc1. The molecule has 0 aliphatic rings. The Morgan fingerprint density at radius 2 is 1.37 bits per heavy atom. The predicted molar refractivity (Wildman–Crippen MR) is 102 cm³/mol. The van der Waals surface area contributed by atoms with Crippen molar-refractivity contribution >= 4 is 11.8 Å². The first-order chi connectivity index (χ1) is 12.9. The summed E-state index contributed by atoms with van der Waals surface area (Å²) >= 11 is 0. The molecule has 1 nitrogen and oxygen atoms in total. The molecule has 0 amide bonds. The summed E-state index contributed by atoms with van der Waals surface area (Å²) in [5, 5.41) is 0. The highest BCUT2D eigenvalue weighted by molar-refractivity contribution is 5.77. The van der Waals surface area contributed by atoms with Crippen LogP contribution < -0.4 is 0 Å². The zero-order valence-electron chi connectivity index (χ0n) is 14.8. The summed E-state index contributed by atoms with van der Waals surface area (Å²) in [7, 11) is 0. The van der Waals surface area contributed by atoms with Gasteiger partial charge in [0.2, 0.25) is 0 Å². The second kappa shape index (κ2) is 8.12. The molecule has 0 aliphatic heterocycles. The van der Waals surface area contributed by atoms with Gasteiger partial charge in [-0.15, -0.1) is 0 Å². The van der Waals surface area contributed by atoms with Gasteiger partial charge in [0.15, 0.2) is 0 Å². The molecule has 3 aromatic carbocycles. The van der Waals surface area contributed by atoms with E-state index in [0.29, 0.717) is 11.3 Å². The van der Waals surface area contributed by atoms with Crippen molar-refractivity contribution in [2.75, 3.05) is 0 Å². The van der Waals surface area contributed by atoms with Gasteiger partial charge >= 0.3 is 6.18 Å². The molecule has 0 bridgehead atoms. The van der Waals surface area contributed by atoms with Crippen molar-refractivity contribution in [3.05, 3.63) is 107 Å². The van der Waals surface area contributed by atoms with E-state index in [1.54, 1.807) is 0 Å². The molecule has 138 valence electrons. The quantitative estimate of drug-likeness (QED) is 0.349. The second-order valence-electron chi connectivity index (χ2n) is 6.17. The molecule has 27 heavy (non-hydrogen) atoms. The lowest BCUT2D eigenvalue weighted by Gasteiger charge is -2.19. The van der Waals surface area contributed by atoms with Crippen molar-refractivity contribution in [1.29, 1.82) is 0 Å². The number of hydrogen-bond acceptors (Lipinski definition) is 1. The van der Waals surface area contributed by atoms with Gasteiger partial charge in [-0.3, -0.25) is 0 Å². The van der Waals surface area contributed by atoms with E-state index in [9.17, 15) is 13.2 Å². The van der Waals surface area contributed by atoms with Crippen LogP contribution in [0.4, 0.5) is 13.2 Å². The first kappa shape index (κ1) is 18.8. The molecule has 3 aromatic rings. The summed E-state index contributed by atoms with van der Waals surface area (Å²) in [6.45, 7) is 1.82. The lowest BCUT2D eigenvalue weighted by molar-refractivity contribution is -0.137. The van der Waals surface area contributed by atoms with Crippen LogP contribution in [0, 0.1) is 0 Å². The van der Waals surface area contributed by atoms with E-state index in [4.69, 9.17) is 4.74 Å². The van der Waals surface area contributed by atoms with Gasteiger partial charge in [-0.2, -0.15) is 13.2 Å². The van der Waals surface area contributed by atoms with Crippen molar-refractivity contribution in [3.8, 4) is 0 Å². The van der Waals surface area contributed by atoms with Gasteiger partial charge in [-0.25, -0.2) is 0 Å². The topological polar surface area (TPSA) is 9.23 Å². The normalized spacial score (nSPS) is 13.3. The molecule has 0 heterocycles. The summed E-state index contributed by atoms with van der Waals surface area (Å²) in [6, 6.07) is 24.5. The highest BCUT2D eigenvalue weighted by Gasteiger charge is 2.30. The molecule has 0 radical (unpaired) electrons. The summed E-state index contributed by atoms with van der Waals surface area (Å²) in [4.78, 5) is 0. The minimum atomic E-state index is -4.34. The maximum Gasteiger partial charge on any atom is 0.416 e. The Bertz CT molecular complexity index is 882. The predicted octanol–water partition coefficient (Wildman–Crippen LogP) is 6.98. The smallest absolute Gasteiger partial charge is 0.416 e. The highest BCUT2D eigenvalue weighted by atomic mass is 19.4. The molecule has 0 aliphatic carbocycles. The standard InChI is InChI=1S/C23H19F3O/c1-17(19-12-14-21(15-13-19)23(24,25)26)27-22(20-10-6-3-7-11-20)16-18-8-4-2-5-9-18/h2-17H,1H3/b22-16+. The van der Waals surface area contributed by atoms with Gasteiger partial charge in [0.25, 0.3) is 0 Å². The fraction of sp³-hybridized carbons (Fsp3) is 0.130. The lowest BCUT2D eigenvalue weighted by Crippen LogP contribution is -2.06. The fourth-order valence-corrected chi connectivity index (χ4v) is 2.69. The Labute approximate surface area is 156 Å². The van der Waals surface area contributed by atoms with Gasteiger partial charge in [0.1, 0.15) is 11.9 Å². The molecule has 4 heteroatoms. The maximum absolute atomic E-state index is 12.8. The van der Waals surface area contributed by atoms with Crippen molar-refractivity contribution in [3.63, 3.8) is 0 Å². The van der Waals surface area contributed by atoms with Crippen molar-refractivity contribution in [1.82, 2.24) is 0 Å². The molecule has 1 unspecified atom stereocenters. The fourth-order valence-electron chi connectivity index (χ4n) is 2.69. The zero-order valence-corrected chi connectivity index (χ0v) is 14.8. The van der Waals surface area contributed by atoms with Crippen LogP contribution in [0.15, 0.2) is 84.9 Å². The molecular weight excluding hydrogens is 349 g/mol. The molecule has 0 fully saturated rings. The zero-order chi connectivity index (χ0) is 19.3. The number of benzene rings is 3. The van der Waals surface area contributed by atoms with Crippen molar-refractivity contribution in [2.24, 2.45) is 0 Å². The number of halogens is 3. The van der Waals surface area contributed by atoms with Crippen LogP contribution in [-0.4, -0.2) is 0 Å². The molecule has 0 N–H and O–H groups in total. The van der Waals surface area contributed by atoms with Gasteiger partial charge in [-0.05, 0) is 36.3 Å². The van der Waals surface area contributed by atoms with E-state index in [1.807, 2.05) is 73.7 Å². The van der Waals surface area contributed by atoms with Gasteiger partial charge in [0.05, 0.1) is 5.56 Å². The van der Waals surface area contributed by atoms with Crippen LogP contribution in [0.25, 0.3) is 11.8 Å². The van der Waals surface area contributed by atoms with E-state index in [-0.39, 0.29) is 0 Å². The van der Waals surface area contributed by atoms with Crippen molar-refractivity contribution in [2.45, 2.75) is 19.2 Å². The van der Waals surface area contributed by atoms with Crippen LogP contribution in [0.1, 0.15) is 35.3 Å². The highest BCUT2D eigenvalue weighted by Crippen LogP contribution is 2.32. The monoisotopic (exact) mass is 368 g/mol. The van der Waals surface area contributed by atoms with Gasteiger partial charge in [0, 0.05) is 5.56 Å². The Morgan fingerprint density at radius 3 is 1.93 bits per heavy atom. The van der Waals surface area contributed by atoms with Crippen LogP contribution in [-0.2, 0) is 10.9 Å². The third-order valence-electron chi connectivity index (χ3n) is 4.17. The van der Waals surface area contributed by atoms with Gasteiger partial charge in [-0.1, -0.05) is 72.8 Å². The summed E-state index contributed by atoms with van der Waals surface area (Å²) in [6.07, 6.45) is -2.82. The third kappa shape index (κ3) is 5.00. The van der Waals surface area contributed by atoms with Crippen LogP contribution in [0.5, 0.6) is 0 Å². The molecule has 3 rings (SSSR count). The van der Waals surface area contributed by atoms with E-state index in [0.717, 1.165) is 23.3 Å². The minimum Gasteiger partial charge on any atom is -0.485 e. The van der Waals surface area contributed by atoms with E-state index in [1.165, 1.54) is 12.1 Å². The Kier molecular flexibility index (Phi) is 5.65. The van der Waals surface area contributed by atoms with E-state index >= 15 is 0 Å². The number of hydrogen-bond donors (Lipinski definition) is 0. The second-order valence-corrected chi connectivity index (χ2v) is 6.17. The molecule has 1 atom stereocenters. The third-order valence-corrected chi connectivity index (χ3v) is 4.17. The Morgan fingerprint density at radius 1 is 0.815 bits per heavy atom. The van der Waals surface area contributed by atoms with Crippen molar-refractivity contribution < 1.29 is 17.9 Å². The largest absolute Gasteiger partial charge is 0.485 e. The van der Waals surface area contributed by atoms with E-state index in [2.05, 4.69) is 0 Å². The summed E-state index contributed by atoms with van der Waals surface area (Å²) in [5.41, 5.74) is 1.90. The average molecular weight is 368 g/mol.